The number of pyridine rings is 1. The Kier molecular flexibility index (Phi) is 7.72. The molecule has 0 unspecified atom stereocenters. The van der Waals surface area contributed by atoms with Crippen LogP contribution < -0.4 is 21.6 Å². The van der Waals surface area contributed by atoms with Gasteiger partial charge in [0, 0.05) is 7.05 Å². The number of hydrazine groups is 1. The van der Waals surface area contributed by atoms with Gasteiger partial charge in [0.25, 0.3) is 0 Å². The smallest absolute Gasteiger partial charge is 0.407 e. The molecular formula is C23H31N5O3. The number of nitrogens with two attached hydrogens (primary N) is 2. The minimum absolute atomic E-state index is 0.104. The SMILES string of the molecule is Cc1nc(/C(N)=C(\CNC(=O)OCc2ccccc2)N(C)N)ccc1OCC1CCC1. The number of aryl methyl sites for hydroxylation is 1. The van der Waals surface area contributed by atoms with Crippen molar-refractivity contribution in [1.82, 2.24) is 15.3 Å². The molecule has 166 valence electrons. The van der Waals surface area contributed by atoms with Gasteiger partial charge in [-0.15, -0.1) is 0 Å². The Hall–Kier alpha value is -3.26. The lowest BCUT2D eigenvalue weighted by molar-refractivity contribution is 0.140. The number of hydrogen-bond donors (Lipinski definition) is 3. The van der Waals surface area contributed by atoms with Gasteiger partial charge in [0.15, 0.2) is 0 Å². The number of nitrogens with one attached hydrogen (secondary N) is 1. The van der Waals surface area contributed by atoms with Crippen LogP contribution in [0, 0.1) is 12.8 Å². The van der Waals surface area contributed by atoms with Crippen molar-refractivity contribution in [2.24, 2.45) is 17.5 Å². The van der Waals surface area contributed by atoms with Crippen LogP contribution in [0.4, 0.5) is 4.79 Å². The summed E-state index contributed by atoms with van der Waals surface area (Å²) < 4.78 is 11.1. The average Bonchev–Trinajstić information content (AvgIpc) is 2.72. The fourth-order valence-electron chi connectivity index (χ4n) is 3.21. The maximum absolute atomic E-state index is 12.1. The molecule has 1 saturated carbocycles. The third kappa shape index (κ3) is 6.36. The molecule has 1 fully saturated rings. The van der Waals surface area contributed by atoms with Crippen LogP contribution in [0.15, 0.2) is 48.2 Å². The van der Waals surface area contributed by atoms with Crippen molar-refractivity contribution in [3.63, 3.8) is 0 Å². The van der Waals surface area contributed by atoms with Gasteiger partial charge in [0.2, 0.25) is 0 Å². The number of ether oxygens (including phenoxy) is 2. The van der Waals surface area contributed by atoms with Gasteiger partial charge < -0.3 is 25.5 Å². The third-order valence-electron chi connectivity index (χ3n) is 5.36. The largest absolute Gasteiger partial charge is 0.491 e. The van der Waals surface area contributed by atoms with Crippen LogP contribution in [0.5, 0.6) is 5.75 Å². The van der Waals surface area contributed by atoms with Crippen LogP contribution in [0.25, 0.3) is 5.70 Å². The number of amides is 1. The molecule has 1 aliphatic rings. The van der Waals surface area contributed by atoms with Crippen molar-refractivity contribution in [3.8, 4) is 5.75 Å². The second-order valence-electron chi connectivity index (χ2n) is 7.77. The Bertz CT molecular complexity index is 911. The maximum Gasteiger partial charge on any atom is 0.407 e. The Morgan fingerprint density at radius 2 is 1.97 bits per heavy atom. The fourth-order valence-corrected chi connectivity index (χ4v) is 3.21. The van der Waals surface area contributed by atoms with Crippen LogP contribution >= 0.6 is 0 Å². The van der Waals surface area contributed by atoms with E-state index in [0.717, 1.165) is 23.6 Å². The molecule has 1 aromatic carbocycles. The zero-order chi connectivity index (χ0) is 22.2. The first-order valence-electron chi connectivity index (χ1n) is 10.5. The number of alkyl carbamates (subject to hydrolysis) is 1. The van der Waals surface area contributed by atoms with E-state index in [-0.39, 0.29) is 13.2 Å². The van der Waals surface area contributed by atoms with E-state index in [9.17, 15) is 4.79 Å². The highest BCUT2D eigenvalue weighted by Crippen LogP contribution is 2.28. The van der Waals surface area contributed by atoms with Crippen molar-refractivity contribution in [2.45, 2.75) is 32.8 Å². The van der Waals surface area contributed by atoms with Crippen molar-refractivity contribution in [2.75, 3.05) is 20.2 Å². The normalized spacial score (nSPS) is 14.3. The summed E-state index contributed by atoms with van der Waals surface area (Å²) in [5, 5.41) is 4.05. The van der Waals surface area contributed by atoms with Crippen molar-refractivity contribution < 1.29 is 14.3 Å². The molecular weight excluding hydrogens is 394 g/mol. The lowest BCUT2D eigenvalue weighted by Crippen LogP contribution is -2.36. The number of rotatable bonds is 9. The number of likely N-dealkylation sites (N-methyl/N-ethyl adjacent to an activating group) is 1. The van der Waals surface area contributed by atoms with Crippen LogP contribution in [-0.2, 0) is 11.3 Å². The summed E-state index contributed by atoms with van der Waals surface area (Å²) in [5.74, 6) is 7.35. The van der Waals surface area contributed by atoms with Crippen molar-refractivity contribution >= 4 is 11.8 Å². The third-order valence-corrected chi connectivity index (χ3v) is 5.36. The monoisotopic (exact) mass is 425 g/mol. The first-order chi connectivity index (χ1) is 14.9. The zero-order valence-corrected chi connectivity index (χ0v) is 18.1. The molecule has 0 radical (unpaired) electrons. The number of carbonyl (C=O) groups is 1. The predicted molar refractivity (Wildman–Crippen MR) is 119 cm³/mol. The second kappa shape index (κ2) is 10.7. The molecule has 1 aliphatic carbocycles. The first kappa shape index (κ1) is 22.4. The van der Waals surface area contributed by atoms with Gasteiger partial charge in [0.1, 0.15) is 12.4 Å². The molecule has 1 aromatic heterocycles. The summed E-state index contributed by atoms with van der Waals surface area (Å²) in [7, 11) is 1.65. The second-order valence-corrected chi connectivity index (χ2v) is 7.77. The van der Waals surface area contributed by atoms with Crippen LogP contribution in [-0.4, -0.2) is 36.3 Å². The van der Waals surface area contributed by atoms with E-state index in [1.165, 1.54) is 24.3 Å². The van der Waals surface area contributed by atoms with Crippen LogP contribution in [0.2, 0.25) is 0 Å². The molecule has 8 heteroatoms. The summed E-state index contributed by atoms with van der Waals surface area (Å²) in [4.78, 5) is 16.6. The molecule has 8 nitrogen and oxygen atoms in total. The van der Waals surface area contributed by atoms with Gasteiger partial charge in [0.05, 0.1) is 35.9 Å². The molecule has 5 N–H and O–H groups in total. The molecule has 0 bridgehead atoms. The van der Waals surface area contributed by atoms with Gasteiger partial charge in [-0.05, 0) is 43.4 Å². The number of carbonyl (C=O) groups excluding carboxylic acids is 1. The first-order valence-corrected chi connectivity index (χ1v) is 10.5. The molecule has 1 heterocycles. The van der Waals surface area contributed by atoms with Crippen molar-refractivity contribution in [1.29, 1.82) is 0 Å². The molecule has 1 amide bonds. The predicted octanol–water partition coefficient (Wildman–Crippen LogP) is 2.93. The lowest BCUT2D eigenvalue weighted by Gasteiger charge is -2.25. The van der Waals surface area contributed by atoms with Gasteiger partial charge >= 0.3 is 6.09 Å². The zero-order valence-electron chi connectivity index (χ0n) is 18.1. The van der Waals surface area contributed by atoms with E-state index in [0.29, 0.717) is 23.0 Å². The summed E-state index contributed by atoms with van der Waals surface area (Å²) >= 11 is 0. The van der Waals surface area contributed by atoms with Gasteiger partial charge in [-0.2, -0.15) is 0 Å². The molecule has 3 rings (SSSR count). The number of hydrogen-bond acceptors (Lipinski definition) is 7. The molecule has 0 atom stereocenters. The molecule has 0 saturated heterocycles. The Labute approximate surface area is 183 Å². The van der Waals surface area contributed by atoms with Crippen molar-refractivity contribution in [3.05, 3.63) is 65.1 Å². The highest BCUT2D eigenvalue weighted by atomic mass is 16.5. The number of benzene rings is 1. The lowest BCUT2D eigenvalue weighted by atomic mass is 9.86. The maximum atomic E-state index is 12.1. The van der Waals surface area contributed by atoms with Gasteiger partial charge in [-0.3, -0.25) is 0 Å². The van der Waals surface area contributed by atoms with E-state index in [2.05, 4.69) is 10.3 Å². The number of nitrogens with zero attached hydrogens (tertiary/aromatic N) is 2. The van der Waals surface area contributed by atoms with E-state index in [1.54, 1.807) is 13.1 Å². The Morgan fingerprint density at radius 1 is 1.23 bits per heavy atom. The van der Waals surface area contributed by atoms with Gasteiger partial charge in [-0.25, -0.2) is 15.6 Å². The standard InChI is InChI=1S/C23H31N5O3/c1-16-21(30-14-18-9-6-10-18)12-11-19(27-16)22(24)20(28(2)25)13-26-23(29)31-15-17-7-4-3-5-8-17/h3-5,7-8,11-12,18H,6,9-10,13-15,24-25H2,1-2H3,(H,26,29)/b22-20-. The van der Waals surface area contributed by atoms with E-state index in [1.807, 2.05) is 43.3 Å². The highest BCUT2D eigenvalue weighted by Gasteiger charge is 2.19. The summed E-state index contributed by atoms with van der Waals surface area (Å²) in [6.07, 6.45) is 3.19. The fraction of sp³-hybridized carbons (Fsp3) is 0.391. The molecule has 0 aliphatic heterocycles. The summed E-state index contributed by atoms with van der Waals surface area (Å²) in [6, 6.07) is 13.1. The molecule has 31 heavy (non-hydrogen) atoms. The average molecular weight is 426 g/mol. The highest BCUT2D eigenvalue weighted by molar-refractivity contribution is 5.69. The summed E-state index contributed by atoms with van der Waals surface area (Å²) in [5.41, 5.74) is 9.46. The van der Waals surface area contributed by atoms with E-state index < -0.39 is 6.09 Å². The topological polar surface area (TPSA) is 116 Å². The molecule has 2 aromatic rings. The van der Waals surface area contributed by atoms with E-state index in [4.69, 9.17) is 21.1 Å². The quantitative estimate of drug-likeness (QED) is 0.418. The van der Waals surface area contributed by atoms with Crippen LogP contribution in [0.3, 0.4) is 0 Å². The Morgan fingerprint density at radius 3 is 2.58 bits per heavy atom. The Balaban J connectivity index is 1.60. The van der Waals surface area contributed by atoms with Crippen LogP contribution in [0.1, 0.15) is 36.2 Å². The summed E-state index contributed by atoms with van der Waals surface area (Å²) in [6.45, 7) is 2.90. The minimum atomic E-state index is -0.556. The molecule has 0 spiro atoms. The van der Waals surface area contributed by atoms with Gasteiger partial charge in [-0.1, -0.05) is 36.8 Å². The van der Waals surface area contributed by atoms with E-state index >= 15 is 0 Å². The minimum Gasteiger partial charge on any atom is -0.491 e. The number of aromatic nitrogens is 1.